The van der Waals surface area contributed by atoms with E-state index in [2.05, 4.69) is 22.3 Å². The first kappa shape index (κ1) is 12.8. The fraction of sp³-hybridized carbons (Fsp3) is 0.600. The van der Waals surface area contributed by atoms with E-state index in [1.165, 1.54) is 25.9 Å². The van der Waals surface area contributed by atoms with Gasteiger partial charge in [0.1, 0.15) is 5.75 Å². The number of nitrogens with zero attached hydrogens (tertiary/aromatic N) is 1. The minimum atomic E-state index is 0.0467. The summed E-state index contributed by atoms with van der Waals surface area (Å²) in [4.78, 5) is 2.59. The first-order chi connectivity index (χ1) is 9.27. The lowest BCUT2D eigenvalue weighted by Gasteiger charge is -2.36. The average molecular weight is 261 g/mol. The largest absolute Gasteiger partial charge is 0.497 e. The lowest BCUT2D eigenvalue weighted by molar-refractivity contribution is 0.280. The van der Waals surface area contributed by atoms with E-state index in [0.717, 1.165) is 17.9 Å². The average Bonchev–Trinajstić information content (AvgIpc) is 3.04. The molecule has 1 aromatic rings. The quantitative estimate of drug-likeness (QED) is 0.865. The molecule has 2 heterocycles. The zero-order valence-corrected chi connectivity index (χ0v) is 11.6. The van der Waals surface area contributed by atoms with E-state index in [4.69, 9.17) is 10.5 Å². The third kappa shape index (κ3) is 2.19. The number of fused-ring (bicyclic) bond motifs is 1. The molecule has 0 aromatic heterocycles. The van der Waals surface area contributed by atoms with Gasteiger partial charge >= 0.3 is 0 Å². The van der Waals surface area contributed by atoms with Crippen molar-refractivity contribution in [3.63, 3.8) is 0 Å². The van der Waals surface area contributed by atoms with Crippen molar-refractivity contribution in [1.29, 1.82) is 0 Å². The second-order valence-corrected chi connectivity index (χ2v) is 5.66. The first-order valence-corrected chi connectivity index (χ1v) is 7.14. The van der Waals surface area contributed by atoms with Crippen LogP contribution in [-0.2, 0) is 0 Å². The molecule has 2 saturated heterocycles. The van der Waals surface area contributed by atoms with Crippen molar-refractivity contribution in [2.45, 2.75) is 30.8 Å². The molecule has 3 N–H and O–H groups in total. The smallest absolute Gasteiger partial charge is 0.119 e. The van der Waals surface area contributed by atoms with Crippen LogP contribution in [0.2, 0.25) is 0 Å². The molecule has 0 bridgehead atoms. The molecule has 2 fully saturated rings. The Bertz CT molecular complexity index is 434. The number of hydrogen-bond acceptors (Lipinski definition) is 4. The summed E-state index contributed by atoms with van der Waals surface area (Å²) in [6.45, 7) is 3.10. The Hall–Kier alpha value is -1.26. The summed E-state index contributed by atoms with van der Waals surface area (Å²) in [5.41, 5.74) is 7.30. The zero-order valence-electron chi connectivity index (χ0n) is 11.6. The van der Waals surface area contributed by atoms with E-state index >= 15 is 0 Å². The number of rotatable bonds is 4. The molecule has 2 aliphatic heterocycles. The fourth-order valence-electron chi connectivity index (χ4n) is 3.63. The van der Waals surface area contributed by atoms with Gasteiger partial charge in [-0.25, -0.2) is 0 Å². The van der Waals surface area contributed by atoms with E-state index in [9.17, 15) is 0 Å². The van der Waals surface area contributed by atoms with Crippen LogP contribution < -0.4 is 15.8 Å². The molecule has 0 saturated carbocycles. The maximum Gasteiger partial charge on any atom is 0.119 e. The maximum atomic E-state index is 6.11. The summed E-state index contributed by atoms with van der Waals surface area (Å²) in [5, 5.41) is 3.70. The summed E-state index contributed by atoms with van der Waals surface area (Å²) in [6.07, 6.45) is 3.71. The predicted octanol–water partition coefficient (Wildman–Crippen LogP) is 1.67. The summed E-state index contributed by atoms with van der Waals surface area (Å²) in [7, 11) is 1.69. The van der Waals surface area contributed by atoms with Gasteiger partial charge in [0.15, 0.2) is 0 Å². The van der Waals surface area contributed by atoms with Crippen LogP contribution in [0.5, 0.6) is 5.75 Å². The third-order valence-corrected chi connectivity index (χ3v) is 4.69. The highest BCUT2D eigenvalue weighted by Gasteiger charge is 2.48. The topological polar surface area (TPSA) is 50.5 Å². The molecule has 0 radical (unpaired) electrons. The van der Waals surface area contributed by atoms with Crippen LogP contribution in [0.15, 0.2) is 24.3 Å². The molecule has 0 amide bonds. The van der Waals surface area contributed by atoms with E-state index in [1.54, 1.807) is 7.11 Å². The van der Waals surface area contributed by atoms with Gasteiger partial charge in [0.2, 0.25) is 0 Å². The molecule has 104 valence electrons. The number of nitrogens with one attached hydrogen (secondary N) is 1. The monoisotopic (exact) mass is 261 g/mol. The minimum absolute atomic E-state index is 0.0467. The molecule has 0 aliphatic carbocycles. The van der Waals surface area contributed by atoms with E-state index in [0.29, 0.717) is 12.6 Å². The van der Waals surface area contributed by atoms with Crippen LogP contribution in [0.3, 0.4) is 0 Å². The number of nitrogens with two attached hydrogens (primary N) is 1. The molecule has 4 nitrogen and oxygen atoms in total. The number of ether oxygens (including phenoxy) is 1. The number of hydrogen-bond donors (Lipinski definition) is 2. The molecule has 0 spiro atoms. The van der Waals surface area contributed by atoms with Crippen LogP contribution in [0, 0.1) is 0 Å². The van der Waals surface area contributed by atoms with Gasteiger partial charge in [-0.1, -0.05) is 0 Å². The number of anilines is 1. The zero-order chi connectivity index (χ0) is 13.3. The molecule has 2 unspecified atom stereocenters. The van der Waals surface area contributed by atoms with Crippen LogP contribution >= 0.6 is 0 Å². The molecule has 3 rings (SSSR count). The van der Waals surface area contributed by atoms with Gasteiger partial charge in [0.05, 0.1) is 12.6 Å². The minimum Gasteiger partial charge on any atom is -0.497 e. The summed E-state index contributed by atoms with van der Waals surface area (Å²) in [5.74, 6) is 0.890. The molecular weight excluding hydrogens is 238 g/mol. The first-order valence-electron chi connectivity index (χ1n) is 7.14. The summed E-state index contributed by atoms with van der Waals surface area (Å²) in [6, 6.07) is 8.74. The number of methoxy groups -OCH3 is 1. The Kier molecular flexibility index (Phi) is 3.37. The molecular formula is C15H23N3O. The molecule has 4 heteroatoms. The normalized spacial score (nSPS) is 30.3. The summed E-state index contributed by atoms with van der Waals surface area (Å²) < 4.78 is 5.20. The highest BCUT2D eigenvalue weighted by atomic mass is 16.5. The Morgan fingerprint density at radius 1 is 1.37 bits per heavy atom. The van der Waals surface area contributed by atoms with Crippen molar-refractivity contribution < 1.29 is 4.74 Å². The standard InChI is InChI=1S/C15H23N3O/c1-19-13-6-4-12(5-7-13)17-15(11-16)8-10-18-9-2-3-14(15)18/h4-7,14,17H,2-3,8-11,16H2,1H3. The van der Waals surface area contributed by atoms with Crippen molar-refractivity contribution in [3.05, 3.63) is 24.3 Å². The van der Waals surface area contributed by atoms with Gasteiger partial charge in [-0.15, -0.1) is 0 Å². The second kappa shape index (κ2) is 5.02. The SMILES string of the molecule is COc1ccc(NC2(CN)CCN3CCCC32)cc1. The van der Waals surface area contributed by atoms with E-state index in [1.807, 2.05) is 12.1 Å². The Balaban J connectivity index is 1.78. The van der Waals surface area contributed by atoms with Crippen molar-refractivity contribution in [2.24, 2.45) is 5.73 Å². The Labute approximate surface area is 114 Å². The Morgan fingerprint density at radius 2 is 2.16 bits per heavy atom. The highest BCUT2D eigenvalue weighted by molar-refractivity contribution is 5.49. The van der Waals surface area contributed by atoms with E-state index in [-0.39, 0.29) is 5.54 Å². The molecule has 2 atom stereocenters. The fourth-order valence-corrected chi connectivity index (χ4v) is 3.63. The lowest BCUT2D eigenvalue weighted by atomic mass is 9.88. The van der Waals surface area contributed by atoms with Gasteiger partial charge in [0.25, 0.3) is 0 Å². The van der Waals surface area contributed by atoms with Gasteiger partial charge in [-0.05, 0) is 50.1 Å². The lowest BCUT2D eigenvalue weighted by Crippen LogP contribution is -2.53. The van der Waals surface area contributed by atoms with Gasteiger partial charge in [-0.3, -0.25) is 4.90 Å². The van der Waals surface area contributed by atoms with Crippen molar-refractivity contribution in [1.82, 2.24) is 4.90 Å². The van der Waals surface area contributed by atoms with Crippen LogP contribution in [0.4, 0.5) is 5.69 Å². The van der Waals surface area contributed by atoms with Crippen molar-refractivity contribution >= 4 is 5.69 Å². The highest BCUT2D eigenvalue weighted by Crippen LogP contribution is 2.38. The molecule has 19 heavy (non-hydrogen) atoms. The van der Waals surface area contributed by atoms with Gasteiger partial charge in [-0.2, -0.15) is 0 Å². The predicted molar refractivity (Wildman–Crippen MR) is 77.6 cm³/mol. The third-order valence-electron chi connectivity index (χ3n) is 4.69. The number of benzene rings is 1. The molecule has 1 aromatic carbocycles. The second-order valence-electron chi connectivity index (χ2n) is 5.66. The van der Waals surface area contributed by atoms with Crippen LogP contribution in [0.25, 0.3) is 0 Å². The van der Waals surface area contributed by atoms with Gasteiger partial charge in [0, 0.05) is 24.8 Å². The van der Waals surface area contributed by atoms with Crippen molar-refractivity contribution in [3.8, 4) is 5.75 Å². The van der Waals surface area contributed by atoms with Crippen LogP contribution in [-0.4, -0.2) is 43.2 Å². The Morgan fingerprint density at radius 3 is 2.84 bits per heavy atom. The van der Waals surface area contributed by atoms with Crippen molar-refractivity contribution in [2.75, 3.05) is 32.1 Å². The van der Waals surface area contributed by atoms with E-state index < -0.39 is 0 Å². The van der Waals surface area contributed by atoms with Crippen LogP contribution in [0.1, 0.15) is 19.3 Å². The summed E-state index contributed by atoms with van der Waals surface area (Å²) >= 11 is 0. The molecule has 2 aliphatic rings. The maximum absolute atomic E-state index is 6.11. The van der Waals surface area contributed by atoms with Gasteiger partial charge < -0.3 is 15.8 Å².